The molecular formula is C8H11N2O. The number of hydrogen-bond donors (Lipinski definition) is 1. The van der Waals surface area contributed by atoms with Gasteiger partial charge in [0.1, 0.15) is 6.20 Å². The molecule has 0 amide bonds. The van der Waals surface area contributed by atoms with Crippen LogP contribution in [-0.4, -0.2) is 16.8 Å². The molecule has 1 aromatic heterocycles. The quantitative estimate of drug-likeness (QED) is 0.659. The zero-order valence-corrected chi connectivity index (χ0v) is 6.34. The van der Waals surface area contributed by atoms with Crippen LogP contribution in [0.25, 0.3) is 0 Å². The Morgan fingerprint density at radius 2 is 2.64 bits per heavy atom. The lowest BCUT2D eigenvalue weighted by Gasteiger charge is -2.20. The summed E-state index contributed by atoms with van der Waals surface area (Å²) >= 11 is 0. The molecule has 1 fully saturated rings. The van der Waals surface area contributed by atoms with Gasteiger partial charge in [0, 0.05) is 18.4 Å². The van der Waals surface area contributed by atoms with Crippen LogP contribution in [0, 0.1) is 6.20 Å². The highest BCUT2D eigenvalue weighted by Crippen LogP contribution is 2.26. The van der Waals surface area contributed by atoms with E-state index in [4.69, 9.17) is 4.74 Å². The second-order valence-electron chi connectivity index (χ2n) is 2.81. The van der Waals surface area contributed by atoms with Gasteiger partial charge >= 0.3 is 0 Å². The molecule has 1 N–H and O–H groups in total. The fourth-order valence-electron chi connectivity index (χ4n) is 1.38. The van der Waals surface area contributed by atoms with Crippen LogP contribution in [0.3, 0.4) is 0 Å². The molecule has 59 valence electrons. The first-order chi connectivity index (χ1) is 5.47. The number of nitrogens with one attached hydrogen (secondary N) is 1. The molecule has 2 rings (SSSR count). The van der Waals surface area contributed by atoms with Crippen LogP contribution in [0.2, 0.25) is 0 Å². The van der Waals surface area contributed by atoms with Crippen molar-refractivity contribution in [2.24, 2.45) is 0 Å². The molecule has 1 unspecified atom stereocenters. The summed E-state index contributed by atoms with van der Waals surface area (Å²) in [6.45, 7) is 0.879. The van der Waals surface area contributed by atoms with Crippen LogP contribution in [0.1, 0.15) is 30.9 Å². The fraction of sp³-hybridized carbons (Fsp3) is 0.625. The van der Waals surface area contributed by atoms with Gasteiger partial charge in [-0.25, -0.2) is 0 Å². The van der Waals surface area contributed by atoms with Crippen LogP contribution in [0.5, 0.6) is 0 Å². The summed E-state index contributed by atoms with van der Waals surface area (Å²) in [4.78, 5) is 0. The summed E-state index contributed by atoms with van der Waals surface area (Å²) in [5.41, 5.74) is 1.06. The van der Waals surface area contributed by atoms with Gasteiger partial charge in [-0.15, -0.1) is 0 Å². The van der Waals surface area contributed by atoms with Gasteiger partial charge in [-0.05, 0) is 19.3 Å². The average molecular weight is 151 g/mol. The summed E-state index contributed by atoms with van der Waals surface area (Å²) in [5.74, 6) is 0. The molecule has 0 spiro atoms. The summed E-state index contributed by atoms with van der Waals surface area (Å²) in [6, 6.07) is 0. The molecule has 1 saturated heterocycles. The van der Waals surface area contributed by atoms with Gasteiger partial charge in [-0.1, -0.05) is 0 Å². The van der Waals surface area contributed by atoms with Crippen molar-refractivity contribution < 1.29 is 4.74 Å². The Balaban J connectivity index is 2.04. The zero-order chi connectivity index (χ0) is 7.52. The van der Waals surface area contributed by atoms with Gasteiger partial charge < -0.3 is 4.74 Å². The Morgan fingerprint density at radius 1 is 1.64 bits per heavy atom. The van der Waals surface area contributed by atoms with Crippen molar-refractivity contribution in [1.82, 2.24) is 10.2 Å². The smallest absolute Gasteiger partial charge is 0.118 e. The summed E-state index contributed by atoms with van der Waals surface area (Å²) in [7, 11) is 0. The predicted molar refractivity (Wildman–Crippen MR) is 40.0 cm³/mol. The molecule has 2 heterocycles. The number of nitrogens with zero attached hydrogens (tertiary/aromatic N) is 1. The molecule has 3 heteroatoms. The topological polar surface area (TPSA) is 37.9 Å². The van der Waals surface area contributed by atoms with E-state index in [0.717, 1.165) is 18.6 Å². The average Bonchev–Trinajstić information content (AvgIpc) is 2.58. The van der Waals surface area contributed by atoms with Crippen molar-refractivity contribution in [2.45, 2.75) is 25.4 Å². The molecule has 0 saturated carbocycles. The number of rotatable bonds is 1. The fourth-order valence-corrected chi connectivity index (χ4v) is 1.38. The molecule has 1 aromatic rings. The number of H-pyrrole nitrogens is 1. The standard InChI is InChI=1S/C8H11N2O/c1-2-4-11-8(3-1)7-5-9-10-6-7/h5,8H,1-4H2,(H,9,10). The van der Waals surface area contributed by atoms with Gasteiger partial charge in [0.2, 0.25) is 0 Å². The van der Waals surface area contributed by atoms with E-state index in [2.05, 4.69) is 16.4 Å². The van der Waals surface area contributed by atoms with E-state index in [1.54, 1.807) is 0 Å². The number of aromatic nitrogens is 2. The second-order valence-corrected chi connectivity index (χ2v) is 2.81. The molecule has 11 heavy (non-hydrogen) atoms. The third-order valence-corrected chi connectivity index (χ3v) is 2.00. The van der Waals surface area contributed by atoms with E-state index in [0.29, 0.717) is 0 Å². The molecule has 1 atom stereocenters. The van der Waals surface area contributed by atoms with E-state index in [9.17, 15) is 0 Å². The SMILES string of the molecule is [c]1n[nH]cc1C1CCCCO1. The first kappa shape index (κ1) is 6.85. The highest BCUT2D eigenvalue weighted by molar-refractivity contribution is 5.05. The van der Waals surface area contributed by atoms with Gasteiger partial charge in [0.15, 0.2) is 0 Å². The first-order valence-corrected chi connectivity index (χ1v) is 4.00. The van der Waals surface area contributed by atoms with E-state index >= 15 is 0 Å². The van der Waals surface area contributed by atoms with Crippen molar-refractivity contribution in [3.63, 3.8) is 0 Å². The molecule has 1 aliphatic heterocycles. The van der Waals surface area contributed by atoms with Crippen LogP contribution in [0.4, 0.5) is 0 Å². The van der Waals surface area contributed by atoms with E-state index in [1.165, 1.54) is 12.8 Å². The van der Waals surface area contributed by atoms with E-state index in [1.807, 2.05) is 6.20 Å². The van der Waals surface area contributed by atoms with Gasteiger partial charge in [-0.3, -0.25) is 5.10 Å². The van der Waals surface area contributed by atoms with Crippen LogP contribution in [0.15, 0.2) is 6.20 Å². The normalized spacial score (nSPS) is 25.3. The van der Waals surface area contributed by atoms with Crippen LogP contribution in [-0.2, 0) is 4.74 Å². The van der Waals surface area contributed by atoms with Crippen LogP contribution >= 0.6 is 0 Å². The summed E-state index contributed by atoms with van der Waals surface area (Å²) < 4.78 is 5.53. The van der Waals surface area contributed by atoms with Crippen molar-refractivity contribution in [3.05, 3.63) is 18.0 Å². The lowest BCUT2D eigenvalue weighted by Crippen LogP contribution is -2.10. The molecule has 1 aliphatic rings. The molecule has 3 nitrogen and oxygen atoms in total. The Labute approximate surface area is 65.8 Å². The minimum absolute atomic E-state index is 0.238. The lowest BCUT2D eigenvalue weighted by molar-refractivity contribution is 0.0148. The predicted octanol–water partition coefficient (Wildman–Crippen LogP) is 1.45. The minimum Gasteiger partial charge on any atom is -0.373 e. The van der Waals surface area contributed by atoms with E-state index in [-0.39, 0.29) is 6.10 Å². The largest absolute Gasteiger partial charge is 0.373 e. The molecule has 1 radical (unpaired) electrons. The molecule has 0 aliphatic carbocycles. The Morgan fingerprint density at radius 3 is 3.27 bits per heavy atom. The van der Waals surface area contributed by atoms with Crippen molar-refractivity contribution >= 4 is 0 Å². The van der Waals surface area contributed by atoms with E-state index < -0.39 is 0 Å². The number of aromatic amines is 1. The van der Waals surface area contributed by atoms with Gasteiger partial charge in [0.25, 0.3) is 0 Å². The minimum atomic E-state index is 0.238. The Hall–Kier alpha value is -0.830. The van der Waals surface area contributed by atoms with Crippen molar-refractivity contribution in [3.8, 4) is 0 Å². The zero-order valence-electron chi connectivity index (χ0n) is 6.34. The van der Waals surface area contributed by atoms with Crippen molar-refractivity contribution in [1.29, 1.82) is 0 Å². The Bertz CT molecular complexity index is 202. The maximum absolute atomic E-state index is 5.53. The second kappa shape index (κ2) is 3.05. The highest BCUT2D eigenvalue weighted by atomic mass is 16.5. The van der Waals surface area contributed by atoms with Gasteiger partial charge in [0.05, 0.1) is 6.10 Å². The maximum atomic E-state index is 5.53. The van der Waals surface area contributed by atoms with Crippen molar-refractivity contribution in [2.75, 3.05) is 6.61 Å². The Kier molecular flexibility index (Phi) is 1.90. The summed E-state index contributed by atoms with van der Waals surface area (Å²) in [6.07, 6.45) is 8.52. The molecular weight excluding hydrogens is 140 g/mol. The first-order valence-electron chi connectivity index (χ1n) is 4.00. The maximum Gasteiger partial charge on any atom is 0.118 e. The highest BCUT2D eigenvalue weighted by Gasteiger charge is 2.16. The lowest BCUT2D eigenvalue weighted by atomic mass is 10.1. The molecule has 0 bridgehead atoms. The third kappa shape index (κ3) is 1.43. The van der Waals surface area contributed by atoms with Crippen LogP contribution < -0.4 is 0 Å². The van der Waals surface area contributed by atoms with Gasteiger partial charge in [-0.2, -0.15) is 5.10 Å². The molecule has 0 aromatic carbocycles. The monoisotopic (exact) mass is 151 g/mol. The third-order valence-electron chi connectivity index (χ3n) is 2.00. The number of ether oxygens (including phenoxy) is 1. The number of hydrogen-bond acceptors (Lipinski definition) is 2. The summed E-state index contributed by atoms with van der Waals surface area (Å²) in [5, 5.41) is 6.51.